The molecular formula is C18H19N5OS. The lowest BCUT2D eigenvalue weighted by Gasteiger charge is -2.33. The minimum absolute atomic E-state index is 0.0357. The summed E-state index contributed by atoms with van der Waals surface area (Å²) in [5, 5.41) is 3.07. The van der Waals surface area contributed by atoms with Crippen LogP contribution in [0.4, 0.5) is 5.69 Å². The van der Waals surface area contributed by atoms with Crippen LogP contribution in [0.2, 0.25) is 0 Å². The fraction of sp³-hybridized carbons (Fsp3) is 0.333. The number of carbonyl (C=O) groups is 1. The van der Waals surface area contributed by atoms with Gasteiger partial charge in [0.15, 0.2) is 0 Å². The zero-order valence-corrected chi connectivity index (χ0v) is 14.6. The summed E-state index contributed by atoms with van der Waals surface area (Å²) in [5.41, 5.74) is 3.49. The van der Waals surface area contributed by atoms with E-state index in [-0.39, 0.29) is 5.91 Å². The molecule has 0 radical (unpaired) electrons. The number of hydrogen-bond donors (Lipinski definition) is 1. The Bertz CT molecular complexity index is 858. The van der Waals surface area contributed by atoms with Crippen LogP contribution in [0.3, 0.4) is 0 Å². The van der Waals surface area contributed by atoms with Crippen molar-refractivity contribution in [1.82, 2.24) is 19.0 Å². The Hall–Kier alpha value is -2.54. The maximum absolute atomic E-state index is 12.4. The van der Waals surface area contributed by atoms with Crippen molar-refractivity contribution in [2.24, 2.45) is 5.92 Å². The molecule has 3 aromatic rings. The normalized spacial score (nSPS) is 15.4. The number of rotatable bonds is 4. The number of pyridine rings is 1. The van der Waals surface area contributed by atoms with Gasteiger partial charge in [0.25, 0.3) is 5.91 Å². The summed E-state index contributed by atoms with van der Waals surface area (Å²) < 4.78 is 8.35. The molecule has 0 saturated carbocycles. The second kappa shape index (κ2) is 7.14. The Morgan fingerprint density at radius 1 is 1.12 bits per heavy atom. The first-order valence-corrected chi connectivity index (χ1v) is 9.18. The highest BCUT2D eigenvalue weighted by Crippen LogP contribution is 2.22. The van der Waals surface area contributed by atoms with E-state index in [9.17, 15) is 4.79 Å². The highest BCUT2D eigenvalue weighted by Gasteiger charge is 2.20. The van der Waals surface area contributed by atoms with E-state index in [1.807, 2.05) is 36.7 Å². The molecule has 1 aromatic carbocycles. The number of nitrogens with one attached hydrogen (secondary N) is 1. The Morgan fingerprint density at radius 3 is 2.68 bits per heavy atom. The number of anilines is 1. The minimum Gasteiger partial charge on any atom is -0.371 e. The summed E-state index contributed by atoms with van der Waals surface area (Å²) in [7, 11) is 0. The van der Waals surface area contributed by atoms with E-state index in [2.05, 4.69) is 23.9 Å². The van der Waals surface area contributed by atoms with Crippen molar-refractivity contribution in [3.05, 3.63) is 48.3 Å². The van der Waals surface area contributed by atoms with Gasteiger partial charge in [-0.3, -0.25) is 9.78 Å². The van der Waals surface area contributed by atoms with Gasteiger partial charge < -0.3 is 10.2 Å². The molecule has 4 rings (SSSR count). The number of fused-ring (bicyclic) bond motifs is 1. The van der Waals surface area contributed by atoms with Gasteiger partial charge in [0.2, 0.25) is 0 Å². The summed E-state index contributed by atoms with van der Waals surface area (Å²) in [6.45, 7) is 2.75. The third-order valence-electron chi connectivity index (χ3n) is 4.71. The molecule has 1 N–H and O–H groups in total. The van der Waals surface area contributed by atoms with Gasteiger partial charge in [-0.15, -0.1) is 0 Å². The molecule has 7 heteroatoms. The van der Waals surface area contributed by atoms with Gasteiger partial charge in [-0.25, -0.2) is 0 Å². The van der Waals surface area contributed by atoms with E-state index in [0.29, 0.717) is 11.5 Å². The first kappa shape index (κ1) is 16.0. The molecule has 0 unspecified atom stereocenters. The van der Waals surface area contributed by atoms with Gasteiger partial charge in [0.05, 0.1) is 11.7 Å². The number of amides is 1. The standard InChI is InChI=1S/C18H19N5OS/c24-18(14-1-2-16-17(11-14)22-25-21-16)20-12-13-5-9-23(10-6-13)15-3-7-19-8-4-15/h1-4,7-8,11,13H,5-6,9-10,12H2,(H,20,24). The molecule has 1 saturated heterocycles. The van der Waals surface area contributed by atoms with Crippen molar-refractivity contribution in [2.75, 3.05) is 24.5 Å². The predicted octanol–water partition coefficient (Wildman–Crippen LogP) is 2.73. The van der Waals surface area contributed by atoms with Gasteiger partial charge in [-0.1, -0.05) is 0 Å². The maximum Gasteiger partial charge on any atom is 0.251 e. The monoisotopic (exact) mass is 353 g/mol. The van der Waals surface area contributed by atoms with Gasteiger partial charge in [0, 0.05) is 43.3 Å². The van der Waals surface area contributed by atoms with Gasteiger partial charge >= 0.3 is 0 Å². The molecule has 0 aliphatic carbocycles. The van der Waals surface area contributed by atoms with Crippen molar-refractivity contribution in [3.63, 3.8) is 0 Å². The van der Waals surface area contributed by atoms with Crippen LogP contribution in [0.5, 0.6) is 0 Å². The van der Waals surface area contributed by atoms with Crippen LogP contribution in [0.25, 0.3) is 11.0 Å². The highest BCUT2D eigenvalue weighted by molar-refractivity contribution is 7.00. The molecule has 3 heterocycles. The molecule has 1 aliphatic rings. The summed E-state index contributed by atoms with van der Waals surface area (Å²) in [6.07, 6.45) is 5.82. The SMILES string of the molecule is O=C(NCC1CCN(c2ccncc2)CC1)c1ccc2nsnc2c1. The number of aromatic nitrogens is 3. The first-order chi connectivity index (χ1) is 12.3. The molecule has 25 heavy (non-hydrogen) atoms. The number of nitrogens with zero attached hydrogens (tertiary/aromatic N) is 4. The Kier molecular flexibility index (Phi) is 4.56. The third kappa shape index (κ3) is 3.61. The lowest BCUT2D eigenvalue weighted by Crippen LogP contribution is -2.38. The van der Waals surface area contributed by atoms with Crippen molar-refractivity contribution in [3.8, 4) is 0 Å². The van der Waals surface area contributed by atoms with Gasteiger partial charge in [0.1, 0.15) is 11.0 Å². The molecule has 0 atom stereocenters. The van der Waals surface area contributed by atoms with Crippen molar-refractivity contribution in [2.45, 2.75) is 12.8 Å². The molecule has 0 bridgehead atoms. The van der Waals surface area contributed by atoms with Crippen molar-refractivity contribution >= 4 is 34.4 Å². The molecule has 128 valence electrons. The molecular weight excluding hydrogens is 334 g/mol. The second-order valence-corrected chi connectivity index (χ2v) is 6.84. The van der Waals surface area contributed by atoms with E-state index in [1.165, 1.54) is 17.4 Å². The van der Waals surface area contributed by atoms with E-state index in [4.69, 9.17) is 0 Å². The summed E-state index contributed by atoms with van der Waals surface area (Å²) in [4.78, 5) is 18.8. The van der Waals surface area contributed by atoms with Crippen LogP contribution in [0.15, 0.2) is 42.7 Å². The lowest BCUT2D eigenvalue weighted by molar-refractivity contribution is 0.0945. The fourth-order valence-electron chi connectivity index (χ4n) is 3.21. The third-order valence-corrected chi connectivity index (χ3v) is 5.27. The molecule has 1 aliphatic heterocycles. The van der Waals surface area contributed by atoms with Crippen LogP contribution in [-0.4, -0.2) is 39.3 Å². The van der Waals surface area contributed by atoms with Gasteiger partial charge in [-0.05, 0) is 49.1 Å². The average molecular weight is 353 g/mol. The highest BCUT2D eigenvalue weighted by atomic mass is 32.1. The Morgan fingerprint density at radius 2 is 1.88 bits per heavy atom. The number of piperidine rings is 1. The van der Waals surface area contributed by atoms with E-state index in [0.717, 1.165) is 43.5 Å². The number of benzene rings is 1. The predicted molar refractivity (Wildman–Crippen MR) is 98.9 cm³/mol. The first-order valence-electron chi connectivity index (χ1n) is 8.45. The van der Waals surface area contributed by atoms with Crippen LogP contribution in [0.1, 0.15) is 23.2 Å². The zero-order valence-electron chi connectivity index (χ0n) is 13.8. The summed E-state index contributed by atoms with van der Waals surface area (Å²) in [6, 6.07) is 9.56. The Balaban J connectivity index is 1.29. The van der Waals surface area contributed by atoms with E-state index < -0.39 is 0 Å². The topological polar surface area (TPSA) is 71.0 Å². The average Bonchev–Trinajstić information content (AvgIpc) is 3.15. The fourth-order valence-corrected chi connectivity index (χ4v) is 3.73. The van der Waals surface area contributed by atoms with Gasteiger partial charge in [-0.2, -0.15) is 8.75 Å². The smallest absolute Gasteiger partial charge is 0.251 e. The van der Waals surface area contributed by atoms with Crippen molar-refractivity contribution < 1.29 is 4.79 Å². The molecule has 0 spiro atoms. The van der Waals surface area contributed by atoms with Crippen LogP contribution >= 0.6 is 11.7 Å². The van der Waals surface area contributed by atoms with Crippen molar-refractivity contribution in [1.29, 1.82) is 0 Å². The molecule has 2 aromatic heterocycles. The molecule has 1 fully saturated rings. The Labute approximate surface area is 150 Å². The molecule has 6 nitrogen and oxygen atoms in total. The van der Waals surface area contributed by atoms with E-state index in [1.54, 1.807) is 6.07 Å². The second-order valence-electron chi connectivity index (χ2n) is 6.31. The summed E-state index contributed by atoms with van der Waals surface area (Å²) >= 11 is 1.17. The lowest BCUT2D eigenvalue weighted by atomic mass is 9.96. The minimum atomic E-state index is -0.0357. The maximum atomic E-state index is 12.4. The summed E-state index contributed by atoms with van der Waals surface area (Å²) in [5.74, 6) is 0.484. The van der Waals surface area contributed by atoms with Crippen LogP contribution in [0, 0.1) is 5.92 Å². The van der Waals surface area contributed by atoms with Crippen LogP contribution < -0.4 is 10.2 Å². The molecule has 1 amide bonds. The zero-order chi connectivity index (χ0) is 17.1. The number of carbonyl (C=O) groups excluding carboxylic acids is 1. The quantitative estimate of drug-likeness (QED) is 0.781. The van der Waals surface area contributed by atoms with E-state index >= 15 is 0 Å². The largest absolute Gasteiger partial charge is 0.371 e. The number of hydrogen-bond acceptors (Lipinski definition) is 6. The van der Waals surface area contributed by atoms with Crippen LogP contribution in [-0.2, 0) is 0 Å².